The topological polar surface area (TPSA) is 87.8 Å². The number of hydrogen-bond donors (Lipinski definition) is 2. The fraction of sp³-hybridized carbons (Fsp3) is 0.909. The van der Waals surface area contributed by atoms with E-state index in [0.29, 0.717) is 25.3 Å². The molecule has 1 fully saturated rings. The standard InChI is InChI=1S/C11H22F2N4O2S/c1-2-5-15-11(14)16-8-9-3-6-17(7-4-9)20(18,19)10(12)13/h9-10H,2-8H2,1H3,(H3,14,15,16). The Morgan fingerprint density at radius 2 is 2.05 bits per heavy atom. The second-order valence-electron chi connectivity index (χ2n) is 4.80. The molecule has 0 aromatic heterocycles. The lowest BCUT2D eigenvalue weighted by Gasteiger charge is -2.30. The summed E-state index contributed by atoms with van der Waals surface area (Å²) < 4.78 is 48.2. The molecule has 0 amide bonds. The summed E-state index contributed by atoms with van der Waals surface area (Å²) in [5.41, 5.74) is 5.65. The molecule has 0 atom stereocenters. The van der Waals surface area contributed by atoms with Crippen LogP contribution >= 0.6 is 0 Å². The van der Waals surface area contributed by atoms with Crippen LogP contribution in [0.15, 0.2) is 4.99 Å². The van der Waals surface area contributed by atoms with Gasteiger partial charge in [0.25, 0.3) is 10.0 Å². The smallest absolute Gasteiger partial charge is 0.350 e. The predicted molar refractivity (Wildman–Crippen MR) is 74.0 cm³/mol. The molecule has 3 N–H and O–H groups in total. The fourth-order valence-corrected chi connectivity index (χ4v) is 2.94. The largest absolute Gasteiger partial charge is 0.370 e. The second kappa shape index (κ2) is 7.72. The van der Waals surface area contributed by atoms with E-state index in [2.05, 4.69) is 10.3 Å². The lowest BCUT2D eigenvalue weighted by Crippen LogP contribution is -2.42. The Morgan fingerprint density at radius 1 is 1.45 bits per heavy atom. The van der Waals surface area contributed by atoms with Crippen molar-refractivity contribution in [3.05, 3.63) is 0 Å². The summed E-state index contributed by atoms with van der Waals surface area (Å²) in [6.07, 6.45) is 1.99. The molecule has 0 spiro atoms. The van der Waals surface area contributed by atoms with Crippen molar-refractivity contribution in [2.75, 3.05) is 26.2 Å². The predicted octanol–water partition coefficient (Wildman–Crippen LogP) is 0.565. The minimum absolute atomic E-state index is 0.120. The van der Waals surface area contributed by atoms with Crippen LogP contribution in [0.3, 0.4) is 0 Å². The van der Waals surface area contributed by atoms with Gasteiger partial charge in [-0.1, -0.05) is 6.92 Å². The Hall–Kier alpha value is -0.960. The van der Waals surface area contributed by atoms with E-state index in [-0.39, 0.29) is 19.0 Å². The first-order chi connectivity index (χ1) is 9.37. The summed E-state index contributed by atoms with van der Waals surface area (Å²) in [5, 5.41) is 2.94. The van der Waals surface area contributed by atoms with Crippen LogP contribution in [0.1, 0.15) is 26.2 Å². The quantitative estimate of drug-likeness (QED) is 0.554. The van der Waals surface area contributed by atoms with E-state index >= 15 is 0 Å². The SMILES string of the molecule is CCCNC(N)=NCC1CCN(S(=O)(=O)C(F)F)CC1. The minimum Gasteiger partial charge on any atom is -0.370 e. The number of nitrogens with zero attached hydrogens (tertiary/aromatic N) is 2. The van der Waals surface area contributed by atoms with E-state index in [9.17, 15) is 17.2 Å². The molecule has 0 unspecified atom stereocenters. The molecule has 9 heteroatoms. The molecule has 0 radical (unpaired) electrons. The lowest BCUT2D eigenvalue weighted by atomic mass is 9.98. The van der Waals surface area contributed by atoms with Crippen molar-refractivity contribution in [2.45, 2.75) is 31.9 Å². The molecular weight excluding hydrogens is 290 g/mol. The number of hydrogen-bond acceptors (Lipinski definition) is 3. The van der Waals surface area contributed by atoms with Crippen molar-refractivity contribution in [2.24, 2.45) is 16.6 Å². The number of alkyl halides is 2. The molecule has 0 aromatic carbocycles. The van der Waals surface area contributed by atoms with Gasteiger partial charge in [-0.25, -0.2) is 8.42 Å². The fourth-order valence-electron chi connectivity index (χ4n) is 2.00. The van der Waals surface area contributed by atoms with Crippen LogP contribution < -0.4 is 11.1 Å². The van der Waals surface area contributed by atoms with Gasteiger partial charge in [0, 0.05) is 26.2 Å². The van der Waals surface area contributed by atoms with E-state index in [1.165, 1.54) is 0 Å². The first-order valence-electron chi connectivity index (χ1n) is 6.68. The number of rotatable bonds is 6. The minimum atomic E-state index is -4.44. The molecule has 0 saturated carbocycles. The molecule has 0 aliphatic carbocycles. The monoisotopic (exact) mass is 312 g/mol. The number of nitrogens with one attached hydrogen (secondary N) is 1. The van der Waals surface area contributed by atoms with E-state index in [0.717, 1.165) is 17.3 Å². The zero-order valence-electron chi connectivity index (χ0n) is 11.6. The Kier molecular flexibility index (Phi) is 6.60. The van der Waals surface area contributed by atoms with E-state index in [4.69, 9.17) is 5.73 Å². The van der Waals surface area contributed by atoms with E-state index in [1.807, 2.05) is 6.92 Å². The number of nitrogens with two attached hydrogens (primary N) is 1. The third kappa shape index (κ3) is 4.86. The highest BCUT2D eigenvalue weighted by Crippen LogP contribution is 2.22. The number of guanidine groups is 1. The summed E-state index contributed by atoms with van der Waals surface area (Å²) in [7, 11) is -4.44. The van der Waals surface area contributed by atoms with Crippen molar-refractivity contribution in [1.29, 1.82) is 0 Å². The van der Waals surface area contributed by atoms with Crippen molar-refractivity contribution < 1.29 is 17.2 Å². The van der Waals surface area contributed by atoms with Gasteiger partial charge >= 0.3 is 5.76 Å². The van der Waals surface area contributed by atoms with Crippen molar-refractivity contribution in [3.63, 3.8) is 0 Å². The Balaban J connectivity index is 2.40. The Labute approximate surface area is 118 Å². The van der Waals surface area contributed by atoms with Crippen LogP contribution in [0.5, 0.6) is 0 Å². The summed E-state index contributed by atoms with van der Waals surface area (Å²) in [6.45, 7) is 3.50. The summed E-state index contributed by atoms with van der Waals surface area (Å²) in [5.74, 6) is -2.79. The van der Waals surface area contributed by atoms with Gasteiger partial charge in [-0.05, 0) is 25.2 Å². The highest BCUT2D eigenvalue weighted by atomic mass is 32.2. The number of aliphatic imine (C=N–C) groups is 1. The van der Waals surface area contributed by atoms with Crippen molar-refractivity contribution >= 4 is 16.0 Å². The van der Waals surface area contributed by atoms with E-state index in [1.54, 1.807) is 0 Å². The highest BCUT2D eigenvalue weighted by Gasteiger charge is 2.34. The normalized spacial score (nSPS) is 19.5. The van der Waals surface area contributed by atoms with Crippen molar-refractivity contribution in [3.8, 4) is 0 Å². The molecule has 118 valence electrons. The van der Waals surface area contributed by atoms with Gasteiger partial charge in [0.15, 0.2) is 5.96 Å². The third-order valence-corrected chi connectivity index (χ3v) is 4.77. The maximum atomic E-state index is 12.4. The van der Waals surface area contributed by atoms with Gasteiger partial charge in [-0.15, -0.1) is 0 Å². The summed E-state index contributed by atoms with van der Waals surface area (Å²) in [4.78, 5) is 4.17. The van der Waals surface area contributed by atoms with Gasteiger partial charge in [-0.3, -0.25) is 4.99 Å². The zero-order valence-corrected chi connectivity index (χ0v) is 12.4. The maximum Gasteiger partial charge on any atom is 0.350 e. The first-order valence-corrected chi connectivity index (χ1v) is 8.19. The summed E-state index contributed by atoms with van der Waals surface area (Å²) >= 11 is 0. The zero-order chi connectivity index (χ0) is 15.2. The molecule has 6 nitrogen and oxygen atoms in total. The Bertz CT molecular complexity index is 420. The van der Waals surface area contributed by atoms with Gasteiger partial charge in [0.2, 0.25) is 0 Å². The maximum absolute atomic E-state index is 12.4. The second-order valence-corrected chi connectivity index (χ2v) is 6.70. The van der Waals surface area contributed by atoms with Crippen LogP contribution in [0.25, 0.3) is 0 Å². The molecule has 1 aliphatic heterocycles. The molecule has 0 bridgehead atoms. The van der Waals surface area contributed by atoms with Crippen LogP contribution in [-0.2, 0) is 10.0 Å². The number of sulfonamides is 1. The molecular formula is C11H22F2N4O2S. The summed E-state index contributed by atoms with van der Waals surface area (Å²) in [6, 6.07) is 0. The first kappa shape index (κ1) is 17.1. The van der Waals surface area contributed by atoms with Gasteiger partial charge in [0.1, 0.15) is 0 Å². The average molecular weight is 312 g/mol. The molecule has 0 aromatic rings. The molecule has 1 aliphatic rings. The number of piperidine rings is 1. The molecule has 1 rings (SSSR count). The van der Waals surface area contributed by atoms with Gasteiger partial charge in [-0.2, -0.15) is 13.1 Å². The van der Waals surface area contributed by atoms with Crippen LogP contribution in [0, 0.1) is 5.92 Å². The highest BCUT2D eigenvalue weighted by molar-refractivity contribution is 7.89. The van der Waals surface area contributed by atoms with Crippen molar-refractivity contribution in [1.82, 2.24) is 9.62 Å². The van der Waals surface area contributed by atoms with Crippen LogP contribution in [-0.4, -0.2) is 50.6 Å². The van der Waals surface area contributed by atoms with Crippen LogP contribution in [0.4, 0.5) is 8.78 Å². The van der Waals surface area contributed by atoms with Crippen LogP contribution in [0.2, 0.25) is 0 Å². The molecule has 1 heterocycles. The average Bonchev–Trinajstić information content (AvgIpc) is 2.43. The van der Waals surface area contributed by atoms with Gasteiger partial charge in [0.05, 0.1) is 0 Å². The molecule has 1 saturated heterocycles. The third-order valence-electron chi connectivity index (χ3n) is 3.23. The Morgan fingerprint density at radius 3 is 2.55 bits per heavy atom. The van der Waals surface area contributed by atoms with Gasteiger partial charge < -0.3 is 11.1 Å². The lowest BCUT2D eigenvalue weighted by molar-refractivity contribution is 0.205. The van der Waals surface area contributed by atoms with E-state index < -0.39 is 15.8 Å². The molecule has 20 heavy (non-hydrogen) atoms. The number of halogens is 2.